The van der Waals surface area contributed by atoms with E-state index in [1.165, 1.54) is 6.07 Å². The zero-order valence-corrected chi connectivity index (χ0v) is 12.5. The Morgan fingerprint density at radius 3 is 2.37 bits per heavy atom. The third kappa shape index (κ3) is 4.55. The summed E-state index contributed by atoms with van der Waals surface area (Å²) in [6.45, 7) is 7.19. The second kappa shape index (κ2) is 5.21. The molecular weight excluding hydrogens is 264 g/mol. The molecule has 0 saturated carbocycles. The second-order valence-corrected chi connectivity index (χ2v) is 7.56. The fourth-order valence-corrected chi connectivity index (χ4v) is 2.92. The molecule has 0 radical (unpaired) electrons. The summed E-state index contributed by atoms with van der Waals surface area (Å²) in [6, 6.07) is 4.67. The van der Waals surface area contributed by atoms with Crippen LogP contribution in [0.2, 0.25) is 0 Å². The first kappa shape index (κ1) is 15.5. The molecule has 0 spiro atoms. The minimum absolute atomic E-state index is 0.00200. The number of benzene rings is 1. The lowest BCUT2D eigenvalue weighted by molar-refractivity contribution is -0.120. The van der Waals surface area contributed by atoms with Crippen molar-refractivity contribution >= 4 is 21.4 Å². The highest BCUT2D eigenvalue weighted by Gasteiger charge is 2.24. The number of nitrogens with one attached hydrogen (secondary N) is 1. The second-order valence-electron chi connectivity index (χ2n) is 5.60. The molecule has 0 unspecified atom stereocenters. The summed E-state index contributed by atoms with van der Waals surface area (Å²) < 4.78 is 24.2. The predicted molar refractivity (Wildman–Crippen MR) is 75.5 cm³/mol. The van der Waals surface area contributed by atoms with Crippen LogP contribution < -0.4 is 11.1 Å². The Kier molecular flexibility index (Phi) is 4.25. The zero-order valence-electron chi connectivity index (χ0n) is 11.6. The van der Waals surface area contributed by atoms with Crippen molar-refractivity contribution in [3.63, 3.8) is 0 Å². The molecule has 0 atom stereocenters. The van der Waals surface area contributed by atoms with Crippen LogP contribution in [0.1, 0.15) is 26.3 Å². The Balaban J connectivity index is 2.96. The summed E-state index contributed by atoms with van der Waals surface area (Å²) in [4.78, 5) is 11.7. The number of nitrogens with two attached hydrogens (primary N) is 1. The highest BCUT2D eigenvalue weighted by atomic mass is 32.2. The summed E-state index contributed by atoms with van der Waals surface area (Å²) in [7, 11) is -3.72. The van der Waals surface area contributed by atoms with E-state index >= 15 is 0 Å². The van der Waals surface area contributed by atoms with Gasteiger partial charge in [-0.3, -0.25) is 4.79 Å². The van der Waals surface area contributed by atoms with Crippen LogP contribution in [0, 0.1) is 6.92 Å². The van der Waals surface area contributed by atoms with Crippen molar-refractivity contribution in [2.75, 3.05) is 11.5 Å². The lowest BCUT2D eigenvalue weighted by atomic mass is 10.1. The van der Waals surface area contributed by atoms with Crippen LogP contribution in [0.4, 0.5) is 5.69 Å². The molecule has 5 nitrogen and oxygen atoms in total. The molecule has 1 amide bonds. The van der Waals surface area contributed by atoms with Crippen molar-refractivity contribution in [2.45, 2.75) is 38.1 Å². The van der Waals surface area contributed by atoms with Crippen molar-refractivity contribution in [3.05, 3.63) is 23.8 Å². The molecule has 106 valence electrons. The van der Waals surface area contributed by atoms with Crippen molar-refractivity contribution in [3.8, 4) is 0 Å². The molecule has 19 heavy (non-hydrogen) atoms. The van der Waals surface area contributed by atoms with Crippen LogP contribution in [0.15, 0.2) is 23.1 Å². The fraction of sp³-hybridized carbons (Fsp3) is 0.462. The molecule has 0 bridgehead atoms. The maximum atomic E-state index is 12.1. The molecule has 0 aromatic heterocycles. The molecule has 1 aromatic carbocycles. The molecule has 0 aliphatic rings. The normalized spacial score (nSPS) is 12.2. The van der Waals surface area contributed by atoms with Crippen LogP contribution in [-0.4, -0.2) is 25.6 Å². The van der Waals surface area contributed by atoms with Crippen LogP contribution in [0.3, 0.4) is 0 Å². The van der Waals surface area contributed by atoms with E-state index in [2.05, 4.69) is 5.32 Å². The average molecular weight is 284 g/mol. The van der Waals surface area contributed by atoms with Gasteiger partial charge in [-0.2, -0.15) is 0 Å². The number of sulfone groups is 1. The summed E-state index contributed by atoms with van der Waals surface area (Å²) in [5, 5.41) is 2.62. The van der Waals surface area contributed by atoms with Crippen molar-refractivity contribution in [1.82, 2.24) is 5.32 Å². The van der Waals surface area contributed by atoms with E-state index in [1.54, 1.807) is 32.9 Å². The van der Waals surface area contributed by atoms with E-state index in [0.717, 1.165) is 5.56 Å². The SMILES string of the molecule is Cc1ccc(S(=O)(=O)CC(=O)NC(C)(C)C)c(N)c1. The van der Waals surface area contributed by atoms with Gasteiger partial charge >= 0.3 is 0 Å². The van der Waals surface area contributed by atoms with Crippen molar-refractivity contribution < 1.29 is 13.2 Å². The molecule has 0 heterocycles. The third-order valence-corrected chi connectivity index (χ3v) is 4.02. The summed E-state index contributed by atoms with van der Waals surface area (Å²) in [5.74, 6) is -1.13. The number of hydrogen-bond donors (Lipinski definition) is 2. The van der Waals surface area contributed by atoms with E-state index in [1.807, 2.05) is 6.92 Å². The average Bonchev–Trinajstić information content (AvgIpc) is 2.11. The zero-order chi connectivity index (χ0) is 14.8. The largest absolute Gasteiger partial charge is 0.398 e. The summed E-state index contributed by atoms with van der Waals surface area (Å²) in [6.07, 6.45) is 0. The maximum Gasteiger partial charge on any atom is 0.235 e. The molecule has 0 aliphatic carbocycles. The van der Waals surface area contributed by atoms with Gasteiger partial charge in [-0.25, -0.2) is 8.42 Å². The lowest BCUT2D eigenvalue weighted by Gasteiger charge is -2.20. The van der Waals surface area contributed by atoms with Crippen molar-refractivity contribution in [1.29, 1.82) is 0 Å². The molecule has 6 heteroatoms. The summed E-state index contributed by atoms with van der Waals surface area (Å²) in [5.41, 5.74) is 6.27. The van der Waals surface area contributed by atoms with E-state index in [4.69, 9.17) is 5.73 Å². The molecule has 1 rings (SSSR count). The molecule has 0 fully saturated rings. The van der Waals surface area contributed by atoms with Gasteiger partial charge in [0.15, 0.2) is 9.84 Å². The van der Waals surface area contributed by atoms with Crippen LogP contribution in [0.25, 0.3) is 0 Å². The Labute approximate surface area is 114 Å². The number of amides is 1. The van der Waals surface area contributed by atoms with Gasteiger partial charge in [0.1, 0.15) is 5.75 Å². The van der Waals surface area contributed by atoms with E-state index in [-0.39, 0.29) is 10.6 Å². The first-order valence-corrected chi connectivity index (χ1v) is 7.56. The van der Waals surface area contributed by atoms with Gasteiger partial charge in [-0.1, -0.05) is 6.07 Å². The molecular formula is C13H20N2O3S. The van der Waals surface area contributed by atoms with E-state index in [0.29, 0.717) is 0 Å². The number of carbonyl (C=O) groups excluding carboxylic acids is 1. The number of carbonyl (C=O) groups is 1. The quantitative estimate of drug-likeness (QED) is 0.818. The topological polar surface area (TPSA) is 89.3 Å². The highest BCUT2D eigenvalue weighted by molar-refractivity contribution is 7.92. The van der Waals surface area contributed by atoms with E-state index in [9.17, 15) is 13.2 Å². The maximum absolute atomic E-state index is 12.1. The number of nitrogen functional groups attached to an aromatic ring is 1. The first-order valence-electron chi connectivity index (χ1n) is 5.91. The van der Waals surface area contributed by atoms with Crippen LogP contribution >= 0.6 is 0 Å². The van der Waals surface area contributed by atoms with Gasteiger partial charge in [-0.05, 0) is 45.4 Å². The number of aryl methyl sites for hydroxylation is 1. The molecule has 3 N–H and O–H groups in total. The Morgan fingerprint density at radius 1 is 1.32 bits per heavy atom. The molecule has 1 aromatic rings. The number of rotatable bonds is 3. The monoisotopic (exact) mass is 284 g/mol. The number of anilines is 1. The predicted octanol–water partition coefficient (Wildman–Crippen LogP) is 1.27. The van der Waals surface area contributed by atoms with Gasteiger partial charge in [0.25, 0.3) is 0 Å². The minimum atomic E-state index is -3.72. The van der Waals surface area contributed by atoms with Gasteiger partial charge in [0.05, 0.1) is 10.6 Å². The van der Waals surface area contributed by atoms with Gasteiger partial charge in [0.2, 0.25) is 5.91 Å². The lowest BCUT2D eigenvalue weighted by Crippen LogP contribution is -2.43. The molecule has 0 aliphatic heterocycles. The van der Waals surface area contributed by atoms with Gasteiger partial charge in [0, 0.05) is 5.54 Å². The van der Waals surface area contributed by atoms with Gasteiger partial charge in [-0.15, -0.1) is 0 Å². The van der Waals surface area contributed by atoms with Crippen LogP contribution in [0.5, 0.6) is 0 Å². The highest BCUT2D eigenvalue weighted by Crippen LogP contribution is 2.20. The smallest absolute Gasteiger partial charge is 0.235 e. The Hall–Kier alpha value is -1.56. The Bertz CT molecular complexity index is 586. The minimum Gasteiger partial charge on any atom is -0.398 e. The van der Waals surface area contributed by atoms with Gasteiger partial charge < -0.3 is 11.1 Å². The third-order valence-electron chi connectivity index (χ3n) is 2.34. The summed E-state index contributed by atoms with van der Waals surface area (Å²) >= 11 is 0. The number of hydrogen-bond acceptors (Lipinski definition) is 4. The fourth-order valence-electron chi connectivity index (χ4n) is 1.66. The standard InChI is InChI=1S/C13H20N2O3S/c1-9-5-6-11(10(14)7-9)19(17,18)8-12(16)15-13(2,3)4/h5-7H,8,14H2,1-4H3,(H,15,16). The van der Waals surface area contributed by atoms with E-state index < -0.39 is 27.0 Å². The van der Waals surface area contributed by atoms with Crippen LogP contribution in [-0.2, 0) is 14.6 Å². The first-order chi connectivity index (χ1) is 8.51. The van der Waals surface area contributed by atoms with Crippen molar-refractivity contribution in [2.24, 2.45) is 0 Å². The Morgan fingerprint density at radius 2 is 1.89 bits per heavy atom. The molecule has 0 saturated heterocycles.